The van der Waals surface area contributed by atoms with Crippen molar-refractivity contribution in [3.05, 3.63) is 12.2 Å². The van der Waals surface area contributed by atoms with Crippen LogP contribution >= 0.6 is 0 Å². The van der Waals surface area contributed by atoms with E-state index in [9.17, 15) is 4.79 Å². The smallest absolute Gasteiger partial charge is 0.186 e. The predicted molar refractivity (Wildman–Crippen MR) is 36.1 cm³/mol. The van der Waals surface area contributed by atoms with Crippen molar-refractivity contribution in [2.45, 2.75) is 26.4 Å². The van der Waals surface area contributed by atoms with Crippen molar-refractivity contribution >= 4 is 5.78 Å². The molecule has 0 aromatic carbocycles. The normalized spacial score (nSPS) is 12.4. The Labute approximate surface area is 55.2 Å². The average Bonchev–Trinajstić information content (AvgIpc) is 1.64. The highest BCUT2D eigenvalue weighted by Crippen LogP contribution is 2.02. The Morgan fingerprint density at radius 2 is 2.00 bits per heavy atom. The van der Waals surface area contributed by atoms with Crippen LogP contribution in [0.25, 0.3) is 0 Å². The number of allylic oxidation sites excluding steroid dienone is 1. The third kappa shape index (κ3) is 3.03. The zero-order valence-corrected chi connectivity index (χ0v) is 6.01. The lowest BCUT2D eigenvalue weighted by Gasteiger charge is -2.11. The van der Waals surface area contributed by atoms with Crippen LogP contribution in [0, 0.1) is 0 Å². The third-order valence-corrected chi connectivity index (χ3v) is 0.921. The standard InChI is InChI=1S/C7H12O2/c1-4-5-6(8)7(2,3)9/h4-5,9H,1-3H3. The lowest BCUT2D eigenvalue weighted by atomic mass is 10.0. The molecule has 1 N–H and O–H groups in total. The highest BCUT2D eigenvalue weighted by Gasteiger charge is 2.19. The molecule has 0 fully saturated rings. The van der Waals surface area contributed by atoms with Gasteiger partial charge in [-0.1, -0.05) is 6.08 Å². The fourth-order valence-electron chi connectivity index (χ4n) is 0.355. The maximum atomic E-state index is 10.7. The molecule has 0 radical (unpaired) electrons. The number of rotatable bonds is 2. The van der Waals surface area contributed by atoms with Crippen molar-refractivity contribution in [1.29, 1.82) is 0 Å². The van der Waals surface area contributed by atoms with E-state index in [4.69, 9.17) is 5.11 Å². The maximum absolute atomic E-state index is 10.7. The molecule has 0 amide bonds. The Morgan fingerprint density at radius 3 is 2.11 bits per heavy atom. The highest BCUT2D eigenvalue weighted by atomic mass is 16.3. The van der Waals surface area contributed by atoms with Gasteiger partial charge in [-0.05, 0) is 26.8 Å². The molecule has 0 atom stereocenters. The van der Waals surface area contributed by atoms with Crippen LogP contribution in [-0.2, 0) is 4.79 Å². The van der Waals surface area contributed by atoms with Gasteiger partial charge in [0.15, 0.2) is 5.78 Å². The number of hydrogen-bond donors (Lipinski definition) is 1. The van der Waals surface area contributed by atoms with Crippen LogP contribution in [-0.4, -0.2) is 16.5 Å². The largest absolute Gasteiger partial charge is 0.382 e. The van der Waals surface area contributed by atoms with E-state index in [0.29, 0.717) is 0 Å². The van der Waals surface area contributed by atoms with Gasteiger partial charge < -0.3 is 5.11 Å². The van der Waals surface area contributed by atoms with Crippen LogP contribution in [0.3, 0.4) is 0 Å². The Balaban J connectivity index is 4.06. The van der Waals surface area contributed by atoms with Crippen molar-refractivity contribution in [2.24, 2.45) is 0 Å². The molecule has 0 aliphatic rings. The molecule has 0 rings (SSSR count). The van der Waals surface area contributed by atoms with Crippen LogP contribution in [0.2, 0.25) is 0 Å². The van der Waals surface area contributed by atoms with Crippen molar-refractivity contribution in [3.8, 4) is 0 Å². The summed E-state index contributed by atoms with van der Waals surface area (Å²) in [7, 11) is 0. The van der Waals surface area contributed by atoms with Crippen LogP contribution in [0.5, 0.6) is 0 Å². The van der Waals surface area contributed by atoms with Gasteiger partial charge in [0.2, 0.25) is 0 Å². The minimum absolute atomic E-state index is 0.259. The molecule has 0 aromatic heterocycles. The van der Waals surface area contributed by atoms with E-state index in [1.807, 2.05) is 0 Å². The fraction of sp³-hybridized carbons (Fsp3) is 0.571. The molecule has 0 aromatic rings. The number of carbonyl (C=O) groups excluding carboxylic acids is 1. The molecule has 2 nitrogen and oxygen atoms in total. The Hall–Kier alpha value is -0.630. The molecular weight excluding hydrogens is 116 g/mol. The number of ketones is 1. The number of aliphatic hydroxyl groups is 1. The van der Waals surface area contributed by atoms with Crippen molar-refractivity contribution in [3.63, 3.8) is 0 Å². The third-order valence-electron chi connectivity index (χ3n) is 0.921. The summed E-state index contributed by atoms with van der Waals surface area (Å²) in [6.45, 7) is 4.67. The first-order chi connectivity index (χ1) is 3.98. The van der Waals surface area contributed by atoms with E-state index in [1.54, 1.807) is 13.0 Å². The first kappa shape index (κ1) is 8.37. The minimum Gasteiger partial charge on any atom is -0.382 e. The monoisotopic (exact) mass is 128 g/mol. The molecule has 0 bridgehead atoms. The van der Waals surface area contributed by atoms with E-state index < -0.39 is 5.60 Å². The summed E-state index contributed by atoms with van der Waals surface area (Å²) in [4.78, 5) is 10.7. The van der Waals surface area contributed by atoms with Gasteiger partial charge in [-0.2, -0.15) is 0 Å². The Kier molecular flexibility index (Phi) is 2.59. The maximum Gasteiger partial charge on any atom is 0.186 e. The number of carbonyl (C=O) groups is 1. The van der Waals surface area contributed by atoms with Gasteiger partial charge in [-0.15, -0.1) is 0 Å². The quantitative estimate of drug-likeness (QED) is 0.561. The second kappa shape index (κ2) is 2.78. The Morgan fingerprint density at radius 1 is 1.56 bits per heavy atom. The molecule has 0 unspecified atom stereocenters. The van der Waals surface area contributed by atoms with Gasteiger partial charge in [-0.3, -0.25) is 4.79 Å². The van der Waals surface area contributed by atoms with Gasteiger partial charge in [-0.25, -0.2) is 0 Å². The summed E-state index contributed by atoms with van der Waals surface area (Å²) in [6, 6.07) is 0. The molecule has 9 heavy (non-hydrogen) atoms. The van der Waals surface area contributed by atoms with Gasteiger partial charge in [0, 0.05) is 0 Å². The molecule has 2 heteroatoms. The van der Waals surface area contributed by atoms with Gasteiger partial charge in [0.1, 0.15) is 5.60 Å². The van der Waals surface area contributed by atoms with Gasteiger partial charge in [0.05, 0.1) is 0 Å². The zero-order valence-electron chi connectivity index (χ0n) is 6.01. The van der Waals surface area contributed by atoms with Crippen molar-refractivity contribution in [2.75, 3.05) is 0 Å². The summed E-state index contributed by atoms with van der Waals surface area (Å²) in [6.07, 6.45) is 2.97. The summed E-state index contributed by atoms with van der Waals surface area (Å²) in [5.74, 6) is -0.259. The van der Waals surface area contributed by atoms with Crippen LogP contribution < -0.4 is 0 Å². The minimum atomic E-state index is -1.22. The van der Waals surface area contributed by atoms with E-state index in [0.717, 1.165) is 0 Å². The predicted octanol–water partition coefficient (Wildman–Crippen LogP) is 0.903. The molecule has 0 spiro atoms. The first-order valence-corrected chi connectivity index (χ1v) is 2.88. The average molecular weight is 128 g/mol. The second-order valence-corrected chi connectivity index (χ2v) is 2.42. The summed E-state index contributed by atoms with van der Waals surface area (Å²) < 4.78 is 0. The van der Waals surface area contributed by atoms with Crippen molar-refractivity contribution < 1.29 is 9.90 Å². The van der Waals surface area contributed by atoms with Gasteiger partial charge >= 0.3 is 0 Å². The topological polar surface area (TPSA) is 37.3 Å². The lowest BCUT2D eigenvalue weighted by molar-refractivity contribution is -0.128. The van der Waals surface area contributed by atoms with Crippen LogP contribution in [0.15, 0.2) is 12.2 Å². The van der Waals surface area contributed by atoms with Crippen LogP contribution in [0.4, 0.5) is 0 Å². The summed E-state index contributed by atoms with van der Waals surface area (Å²) in [5.41, 5.74) is -1.22. The molecule has 0 saturated heterocycles. The SMILES string of the molecule is CC=CC(=O)C(C)(C)O. The van der Waals surface area contributed by atoms with E-state index in [-0.39, 0.29) is 5.78 Å². The molecule has 0 aliphatic carbocycles. The summed E-state index contributed by atoms with van der Waals surface area (Å²) >= 11 is 0. The fourth-order valence-corrected chi connectivity index (χ4v) is 0.355. The molecule has 0 aliphatic heterocycles. The van der Waals surface area contributed by atoms with Crippen molar-refractivity contribution in [1.82, 2.24) is 0 Å². The highest BCUT2D eigenvalue weighted by molar-refractivity contribution is 5.95. The van der Waals surface area contributed by atoms with E-state index >= 15 is 0 Å². The zero-order chi connectivity index (χ0) is 7.49. The van der Waals surface area contributed by atoms with E-state index in [1.165, 1.54) is 19.9 Å². The Bertz CT molecular complexity index is 128. The molecule has 0 saturated carbocycles. The summed E-state index contributed by atoms with van der Waals surface area (Å²) in [5, 5.41) is 9.02. The molecular formula is C7H12O2. The molecule has 52 valence electrons. The van der Waals surface area contributed by atoms with Gasteiger partial charge in [0.25, 0.3) is 0 Å². The van der Waals surface area contributed by atoms with E-state index in [2.05, 4.69) is 0 Å². The molecule has 0 heterocycles. The lowest BCUT2D eigenvalue weighted by Crippen LogP contribution is -2.29. The second-order valence-electron chi connectivity index (χ2n) is 2.42. The van der Waals surface area contributed by atoms with Crippen LogP contribution in [0.1, 0.15) is 20.8 Å². The number of hydrogen-bond acceptors (Lipinski definition) is 2. The first-order valence-electron chi connectivity index (χ1n) is 2.88.